The number of ether oxygens (including phenoxy) is 2. The summed E-state index contributed by atoms with van der Waals surface area (Å²) in [6, 6.07) is 6.01. The van der Waals surface area contributed by atoms with Crippen LogP contribution in [0.4, 0.5) is 10.5 Å². The van der Waals surface area contributed by atoms with E-state index in [1.165, 1.54) is 7.11 Å². The van der Waals surface area contributed by atoms with Crippen molar-refractivity contribution in [1.82, 2.24) is 15.5 Å². The summed E-state index contributed by atoms with van der Waals surface area (Å²) in [5.74, 6) is -0.450. The molecule has 1 atom stereocenters. The molecular weight excluding hydrogens is 451 g/mol. The van der Waals surface area contributed by atoms with Crippen molar-refractivity contribution < 1.29 is 19.1 Å². The summed E-state index contributed by atoms with van der Waals surface area (Å²) in [6.45, 7) is 1.77. The number of esters is 1. The molecule has 2 amide bonds. The maximum Gasteiger partial charge on any atom is 0.337 e. The van der Waals surface area contributed by atoms with Gasteiger partial charge in [-0.05, 0) is 36.5 Å². The number of urea groups is 1. The molecule has 154 valence electrons. The third-order valence-electron chi connectivity index (χ3n) is 3.73. The number of rotatable bonds is 4. The molecule has 0 aliphatic carbocycles. The normalized spacial score (nSPS) is 15.4. The van der Waals surface area contributed by atoms with Crippen molar-refractivity contribution in [3.05, 3.63) is 29.8 Å². The van der Waals surface area contributed by atoms with Gasteiger partial charge >= 0.3 is 12.0 Å². The lowest BCUT2D eigenvalue weighted by Crippen LogP contribution is -2.59. The van der Waals surface area contributed by atoms with Crippen LogP contribution in [0.3, 0.4) is 0 Å². The molecule has 8 nitrogen and oxygen atoms in total. The van der Waals surface area contributed by atoms with Crippen LogP contribution in [0.2, 0.25) is 0 Å². The number of alkyl halides is 3. The Hall–Kier alpha value is -1.52. The molecule has 0 saturated carbocycles. The van der Waals surface area contributed by atoms with Crippen LogP contribution in [-0.4, -0.2) is 65.4 Å². The molecule has 1 saturated heterocycles. The Kier molecular flexibility index (Phi) is 8.38. The highest BCUT2D eigenvalue weighted by Crippen LogP contribution is 2.29. The van der Waals surface area contributed by atoms with E-state index in [2.05, 4.69) is 20.7 Å². The Morgan fingerprint density at radius 3 is 2.32 bits per heavy atom. The quantitative estimate of drug-likeness (QED) is 0.270. The monoisotopic (exact) mass is 468 g/mol. The van der Waals surface area contributed by atoms with Gasteiger partial charge in [0.2, 0.25) is 3.79 Å². The SMILES string of the molecule is COC(=O)c1ccc(NC(=S)N[C@H](NC(=O)N2CCOCC2)C(Cl)(Cl)Cl)cc1. The fraction of sp³-hybridized carbons (Fsp3) is 0.438. The van der Waals surface area contributed by atoms with Crippen LogP contribution in [0.15, 0.2) is 24.3 Å². The summed E-state index contributed by atoms with van der Waals surface area (Å²) in [6.07, 6.45) is -1.08. The lowest BCUT2D eigenvalue weighted by molar-refractivity contribution is 0.0524. The lowest BCUT2D eigenvalue weighted by Gasteiger charge is -2.32. The predicted octanol–water partition coefficient (Wildman–Crippen LogP) is 2.50. The summed E-state index contributed by atoms with van der Waals surface area (Å²) in [5.41, 5.74) is 0.983. The molecule has 1 aromatic rings. The molecule has 1 aliphatic heterocycles. The standard InChI is InChI=1S/C16H19Cl3N4O4S/c1-26-12(24)10-2-4-11(5-3-10)20-14(28)21-13(16(17,18)19)22-15(25)23-6-8-27-9-7-23/h2-5,13H,6-9H2,1H3,(H,22,25)(H2,20,21,28)/t13-/m1/s1. The number of nitrogens with one attached hydrogen (secondary N) is 3. The largest absolute Gasteiger partial charge is 0.465 e. The number of amides is 2. The maximum absolute atomic E-state index is 12.4. The number of nitrogens with zero attached hydrogens (tertiary/aromatic N) is 1. The van der Waals surface area contributed by atoms with Gasteiger partial charge in [0.15, 0.2) is 11.3 Å². The molecule has 1 aliphatic rings. The maximum atomic E-state index is 12.4. The Labute approximate surface area is 182 Å². The molecule has 12 heteroatoms. The van der Waals surface area contributed by atoms with Gasteiger partial charge in [0.1, 0.15) is 0 Å². The Balaban J connectivity index is 1.96. The highest BCUT2D eigenvalue weighted by molar-refractivity contribution is 7.80. The van der Waals surface area contributed by atoms with E-state index in [1.807, 2.05) is 0 Å². The fourth-order valence-electron chi connectivity index (χ4n) is 2.29. The van der Waals surface area contributed by atoms with Gasteiger partial charge in [0.05, 0.1) is 25.9 Å². The number of carbonyl (C=O) groups is 2. The Bertz CT molecular complexity index is 709. The van der Waals surface area contributed by atoms with Crippen molar-refractivity contribution in [2.75, 3.05) is 38.7 Å². The van der Waals surface area contributed by atoms with Gasteiger partial charge in [-0.2, -0.15) is 0 Å². The molecule has 0 radical (unpaired) electrons. The van der Waals surface area contributed by atoms with Crippen LogP contribution in [0.1, 0.15) is 10.4 Å². The fourth-order valence-corrected chi connectivity index (χ4v) is 2.85. The molecule has 1 fully saturated rings. The number of methoxy groups -OCH3 is 1. The van der Waals surface area contributed by atoms with E-state index in [1.54, 1.807) is 29.2 Å². The molecule has 1 heterocycles. The van der Waals surface area contributed by atoms with Crippen molar-refractivity contribution in [3.8, 4) is 0 Å². The van der Waals surface area contributed by atoms with Crippen molar-refractivity contribution in [3.63, 3.8) is 0 Å². The first kappa shape index (κ1) is 22.8. The van der Waals surface area contributed by atoms with Crippen molar-refractivity contribution >= 4 is 69.8 Å². The van der Waals surface area contributed by atoms with E-state index in [4.69, 9.17) is 51.8 Å². The molecule has 0 unspecified atom stereocenters. The summed E-state index contributed by atoms with van der Waals surface area (Å²) in [7, 11) is 1.30. The van der Waals surface area contributed by atoms with E-state index >= 15 is 0 Å². The third kappa shape index (κ3) is 6.82. The number of benzene rings is 1. The zero-order valence-electron chi connectivity index (χ0n) is 14.8. The van der Waals surface area contributed by atoms with Crippen LogP contribution >= 0.6 is 47.0 Å². The molecule has 3 N–H and O–H groups in total. The summed E-state index contributed by atoms with van der Waals surface area (Å²) < 4.78 is 7.99. The Morgan fingerprint density at radius 1 is 1.18 bits per heavy atom. The molecule has 0 aromatic heterocycles. The summed E-state index contributed by atoms with van der Waals surface area (Å²) in [4.78, 5) is 25.4. The van der Waals surface area contributed by atoms with Gasteiger partial charge < -0.3 is 30.3 Å². The summed E-state index contributed by atoms with van der Waals surface area (Å²) >= 11 is 23.1. The first-order chi connectivity index (χ1) is 13.2. The lowest BCUT2D eigenvalue weighted by atomic mass is 10.2. The highest BCUT2D eigenvalue weighted by atomic mass is 35.6. The van der Waals surface area contributed by atoms with Crippen molar-refractivity contribution in [1.29, 1.82) is 0 Å². The van der Waals surface area contributed by atoms with Gasteiger partial charge in [0, 0.05) is 18.8 Å². The van der Waals surface area contributed by atoms with Crippen LogP contribution in [0.5, 0.6) is 0 Å². The zero-order valence-corrected chi connectivity index (χ0v) is 17.9. The number of anilines is 1. The molecule has 2 rings (SSSR count). The van der Waals surface area contributed by atoms with Gasteiger partial charge in [-0.1, -0.05) is 34.8 Å². The summed E-state index contributed by atoms with van der Waals surface area (Å²) in [5, 5.41) is 8.38. The number of thiocarbonyl (C=S) groups is 1. The third-order valence-corrected chi connectivity index (χ3v) is 4.61. The second kappa shape index (κ2) is 10.3. The first-order valence-corrected chi connectivity index (χ1v) is 9.70. The Morgan fingerprint density at radius 2 is 1.79 bits per heavy atom. The predicted molar refractivity (Wildman–Crippen MR) is 112 cm³/mol. The van der Waals surface area contributed by atoms with Crippen LogP contribution < -0.4 is 16.0 Å². The number of halogens is 3. The minimum atomic E-state index is -1.86. The minimum Gasteiger partial charge on any atom is -0.465 e. The van der Waals surface area contributed by atoms with Crippen molar-refractivity contribution in [2.45, 2.75) is 9.96 Å². The van der Waals surface area contributed by atoms with E-state index in [0.717, 1.165) is 0 Å². The average molecular weight is 470 g/mol. The number of carbonyl (C=O) groups excluding carboxylic acids is 2. The molecule has 1 aromatic carbocycles. The average Bonchev–Trinajstić information content (AvgIpc) is 2.67. The van der Waals surface area contributed by atoms with Crippen LogP contribution in [0, 0.1) is 0 Å². The van der Waals surface area contributed by atoms with E-state index < -0.39 is 22.0 Å². The molecular formula is C16H19Cl3N4O4S. The smallest absolute Gasteiger partial charge is 0.337 e. The minimum absolute atomic E-state index is 0.115. The molecule has 28 heavy (non-hydrogen) atoms. The van der Waals surface area contributed by atoms with E-state index in [0.29, 0.717) is 37.6 Å². The second-order valence-corrected chi connectivity index (χ2v) is 8.47. The molecule has 0 bridgehead atoms. The highest BCUT2D eigenvalue weighted by Gasteiger charge is 2.35. The van der Waals surface area contributed by atoms with Gasteiger partial charge in [-0.25, -0.2) is 9.59 Å². The van der Waals surface area contributed by atoms with E-state index in [9.17, 15) is 9.59 Å². The number of hydrogen-bond acceptors (Lipinski definition) is 5. The van der Waals surface area contributed by atoms with Crippen LogP contribution in [0.25, 0.3) is 0 Å². The zero-order chi connectivity index (χ0) is 20.7. The van der Waals surface area contributed by atoms with E-state index in [-0.39, 0.29) is 5.11 Å². The first-order valence-electron chi connectivity index (χ1n) is 8.16. The molecule has 0 spiro atoms. The second-order valence-electron chi connectivity index (χ2n) is 5.69. The number of hydrogen-bond donors (Lipinski definition) is 3. The van der Waals surface area contributed by atoms with Gasteiger partial charge in [-0.15, -0.1) is 0 Å². The van der Waals surface area contributed by atoms with Gasteiger partial charge in [-0.3, -0.25) is 0 Å². The van der Waals surface area contributed by atoms with Gasteiger partial charge in [0.25, 0.3) is 0 Å². The van der Waals surface area contributed by atoms with Crippen molar-refractivity contribution in [2.24, 2.45) is 0 Å². The topological polar surface area (TPSA) is 91.9 Å². The number of morpholine rings is 1. The van der Waals surface area contributed by atoms with Crippen LogP contribution in [-0.2, 0) is 9.47 Å².